The molecule has 0 atom stereocenters. The second-order valence-electron chi connectivity index (χ2n) is 4.12. The zero-order chi connectivity index (χ0) is 13.0. The lowest BCUT2D eigenvalue weighted by Crippen LogP contribution is -2.18. The number of hydrogen-bond donors (Lipinski definition) is 1. The number of ether oxygens (including phenoxy) is 2. The fourth-order valence-electron chi connectivity index (χ4n) is 1.53. The molecule has 1 aromatic carbocycles. The van der Waals surface area contributed by atoms with Crippen molar-refractivity contribution in [3.05, 3.63) is 17.7 Å². The minimum Gasteiger partial charge on any atom is -0.496 e. The molecule has 0 spiro atoms. The third-order valence-electron chi connectivity index (χ3n) is 2.56. The summed E-state index contributed by atoms with van der Waals surface area (Å²) in [6, 6.07) is 3.60. The van der Waals surface area contributed by atoms with Crippen molar-refractivity contribution in [3.63, 3.8) is 0 Å². The summed E-state index contributed by atoms with van der Waals surface area (Å²) in [5.74, 6) is 1.28. The van der Waals surface area contributed by atoms with E-state index in [1.165, 1.54) is 0 Å². The number of anilines is 1. The van der Waals surface area contributed by atoms with Gasteiger partial charge in [0.25, 0.3) is 0 Å². The fourth-order valence-corrected chi connectivity index (χ4v) is 1.53. The number of nitrogens with one attached hydrogen (secondary N) is 1. The van der Waals surface area contributed by atoms with Gasteiger partial charge in [0.05, 0.1) is 19.9 Å². The molecule has 1 aromatic rings. The Hall–Kier alpha value is -1.71. The van der Waals surface area contributed by atoms with E-state index in [2.05, 4.69) is 5.32 Å². The molecule has 0 saturated heterocycles. The van der Waals surface area contributed by atoms with E-state index in [0.29, 0.717) is 11.4 Å². The van der Waals surface area contributed by atoms with E-state index < -0.39 is 0 Å². The summed E-state index contributed by atoms with van der Waals surface area (Å²) < 4.78 is 10.5. The largest absolute Gasteiger partial charge is 0.496 e. The number of benzene rings is 1. The van der Waals surface area contributed by atoms with Crippen molar-refractivity contribution < 1.29 is 14.3 Å². The first kappa shape index (κ1) is 13.4. The molecule has 94 valence electrons. The normalized spacial score (nSPS) is 10.2. The third kappa shape index (κ3) is 2.90. The second kappa shape index (κ2) is 5.57. The van der Waals surface area contributed by atoms with Gasteiger partial charge in [-0.2, -0.15) is 0 Å². The molecule has 0 aliphatic rings. The van der Waals surface area contributed by atoms with Crippen LogP contribution in [0.15, 0.2) is 12.1 Å². The summed E-state index contributed by atoms with van der Waals surface area (Å²) in [5.41, 5.74) is 1.54. The van der Waals surface area contributed by atoms with Crippen LogP contribution in [-0.2, 0) is 4.79 Å². The highest BCUT2D eigenvalue weighted by atomic mass is 16.5. The molecular weight excluding hydrogens is 218 g/mol. The van der Waals surface area contributed by atoms with Gasteiger partial charge in [0.15, 0.2) is 0 Å². The summed E-state index contributed by atoms with van der Waals surface area (Å²) in [7, 11) is 3.18. The molecular formula is C13H19NO3. The van der Waals surface area contributed by atoms with Crippen molar-refractivity contribution in [2.45, 2.75) is 20.8 Å². The van der Waals surface area contributed by atoms with E-state index in [0.717, 1.165) is 11.3 Å². The highest BCUT2D eigenvalue weighted by Gasteiger charge is 2.14. The molecule has 0 heterocycles. The molecule has 0 aromatic heterocycles. The molecule has 0 unspecified atom stereocenters. The Bertz CT molecular complexity index is 413. The predicted molar refractivity (Wildman–Crippen MR) is 67.8 cm³/mol. The summed E-state index contributed by atoms with van der Waals surface area (Å²) >= 11 is 0. The molecule has 0 aliphatic heterocycles. The van der Waals surface area contributed by atoms with Crippen LogP contribution in [-0.4, -0.2) is 20.1 Å². The zero-order valence-electron chi connectivity index (χ0n) is 11.0. The van der Waals surface area contributed by atoms with Crippen LogP contribution >= 0.6 is 0 Å². The fraction of sp³-hybridized carbons (Fsp3) is 0.462. The van der Waals surface area contributed by atoms with E-state index in [1.54, 1.807) is 20.3 Å². The molecule has 1 N–H and O–H groups in total. The Balaban J connectivity index is 3.08. The van der Waals surface area contributed by atoms with Gasteiger partial charge in [-0.15, -0.1) is 0 Å². The van der Waals surface area contributed by atoms with E-state index >= 15 is 0 Å². The highest BCUT2D eigenvalue weighted by Crippen LogP contribution is 2.34. The smallest absolute Gasteiger partial charge is 0.227 e. The number of hydrogen-bond acceptors (Lipinski definition) is 3. The minimum atomic E-state index is -0.0675. The molecule has 0 aliphatic carbocycles. The first-order valence-corrected chi connectivity index (χ1v) is 5.53. The van der Waals surface area contributed by atoms with Crippen molar-refractivity contribution >= 4 is 11.6 Å². The van der Waals surface area contributed by atoms with Gasteiger partial charge in [-0.1, -0.05) is 13.8 Å². The molecule has 17 heavy (non-hydrogen) atoms. The summed E-state index contributed by atoms with van der Waals surface area (Å²) in [6.45, 7) is 5.58. The van der Waals surface area contributed by atoms with Crippen LogP contribution in [0.3, 0.4) is 0 Å². The van der Waals surface area contributed by atoms with E-state index in [1.807, 2.05) is 26.8 Å². The van der Waals surface area contributed by atoms with Gasteiger partial charge in [0, 0.05) is 11.5 Å². The summed E-state index contributed by atoms with van der Waals surface area (Å²) in [5, 5.41) is 2.83. The molecule has 4 nitrogen and oxygen atoms in total. The summed E-state index contributed by atoms with van der Waals surface area (Å²) in [6.07, 6.45) is 0. The highest BCUT2D eigenvalue weighted by molar-refractivity contribution is 5.94. The molecule has 0 saturated carbocycles. The Labute approximate surface area is 102 Å². The SMILES string of the molecule is COc1ccc(NC(=O)C(C)C)c(OC)c1C. The van der Waals surface area contributed by atoms with Crippen LogP contribution in [0.4, 0.5) is 5.69 Å². The zero-order valence-corrected chi connectivity index (χ0v) is 11.0. The van der Waals surface area contributed by atoms with Crippen LogP contribution in [0.5, 0.6) is 11.5 Å². The van der Waals surface area contributed by atoms with Crippen molar-refractivity contribution in [1.82, 2.24) is 0 Å². The van der Waals surface area contributed by atoms with Crippen LogP contribution < -0.4 is 14.8 Å². The van der Waals surface area contributed by atoms with Gasteiger partial charge in [-0.05, 0) is 19.1 Å². The quantitative estimate of drug-likeness (QED) is 0.875. The average Bonchev–Trinajstić information content (AvgIpc) is 2.29. The number of methoxy groups -OCH3 is 2. The van der Waals surface area contributed by atoms with Crippen molar-refractivity contribution in [2.24, 2.45) is 5.92 Å². The maximum Gasteiger partial charge on any atom is 0.227 e. The van der Waals surface area contributed by atoms with Gasteiger partial charge >= 0.3 is 0 Å². The Morgan fingerprint density at radius 3 is 2.35 bits per heavy atom. The number of carbonyl (C=O) groups is 1. The van der Waals surface area contributed by atoms with Crippen molar-refractivity contribution in [3.8, 4) is 11.5 Å². The van der Waals surface area contributed by atoms with Crippen LogP contribution in [0, 0.1) is 12.8 Å². The van der Waals surface area contributed by atoms with Crippen molar-refractivity contribution in [1.29, 1.82) is 0 Å². The molecule has 0 bridgehead atoms. The van der Waals surface area contributed by atoms with Gasteiger partial charge < -0.3 is 14.8 Å². The molecule has 4 heteroatoms. The van der Waals surface area contributed by atoms with Crippen LogP contribution in [0.2, 0.25) is 0 Å². The maximum absolute atomic E-state index is 11.6. The molecule has 1 rings (SSSR count). The lowest BCUT2D eigenvalue weighted by molar-refractivity contribution is -0.118. The van der Waals surface area contributed by atoms with Crippen LogP contribution in [0.1, 0.15) is 19.4 Å². The number of amides is 1. The van der Waals surface area contributed by atoms with E-state index in [-0.39, 0.29) is 11.8 Å². The molecule has 1 amide bonds. The molecule has 0 fully saturated rings. The molecule has 0 radical (unpaired) electrons. The maximum atomic E-state index is 11.6. The van der Waals surface area contributed by atoms with Gasteiger partial charge in [0.1, 0.15) is 11.5 Å². The van der Waals surface area contributed by atoms with Crippen molar-refractivity contribution in [2.75, 3.05) is 19.5 Å². The van der Waals surface area contributed by atoms with Gasteiger partial charge in [-0.3, -0.25) is 4.79 Å². The minimum absolute atomic E-state index is 0.0344. The lowest BCUT2D eigenvalue weighted by Gasteiger charge is -2.15. The monoisotopic (exact) mass is 237 g/mol. The Morgan fingerprint density at radius 2 is 1.88 bits per heavy atom. The Kier molecular flexibility index (Phi) is 4.37. The van der Waals surface area contributed by atoms with E-state index in [4.69, 9.17) is 9.47 Å². The average molecular weight is 237 g/mol. The third-order valence-corrected chi connectivity index (χ3v) is 2.56. The number of rotatable bonds is 4. The van der Waals surface area contributed by atoms with Gasteiger partial charge in [-0.25, -0.2) is 0 Å². The lowest BCUT2D eigenvalue weighted by atomic mass is 10.1. The predicted octanol–water partition coefficient (Wildman–Crippen LogP) is 2.61. The first-order chi connectivity index (χ1) is 8.01. The topological polar surface area (TPSA) is 47.6 Å². The van der Waals surface area contributed by atoms with Gasteiger partial charge in [0.2, 0.25) is 5.91 Å². The van der Waals surface area contributed by atoms with Crippen LogP contribution in [0.25, 0.3) is 0 Å². The first-order valence-electron chi connectivity index (χ1n) is 5.53. The standard InChI is InChI=1S/C13H19NO3/c1-8(2)13(15)14-10-6-7-11(16-4)9(3)12(10)17-5/h6-8H,1-5H3,(H,14,15). The Morgan fingerprint density at radius 1 is 1.24 bits per heavy atom. The second-order valence-corrected chi connectivity index (χ2v) is 4.12. The van der Waals surface area contributed by atoms with E-state index in [9.17, 15) is 4.79 Å². The summed E-state index contributed by atoms with van der Waals surface area (Å²) in [4.78, 5) is 11.6. The number of carbonyl (C=O) groups excluding carboxylic acids is 1.